The number of benzene rings is 1. The van der Waals surface area contributed by atoms with Gasteiger partial charge in [-0.1, -0.05) is 12.5 Å². The fraction of sp³-hybridized carbons (Fsp3) is 0.368. The molecule has 1 aromatic heterocycles. The third-order valence-corrected chi connectivity index (χ3v) is 3.89. The quantitative estimate of drug-likeness (QED) is 0.747. The predicted octanol–water partition coefficient (Wildman–Crippen LogP) is 4.13. The Hall–Kier alpha value is -2.56. The van der Waals surface area contributed by atoms with E-state index in [1.165, 1.54) is 6.42 Å². The SMILES string of the molecule is O=C(COc1ccc(Oc2ccccn2)cc1)OC1CCCCC1. The highest BCUT2D eigenvalue weighted by atomic mass is 16.6. The van der Waals surface area contributed by atoms with Crippen LogP contribution in [0.4, 0.5) is 0 Å². The molecule has 0 radical (unpaired) electrons. The molecule has 1 aromatic carbocycles. The summed E-state index contributed by atoms with van der Waals surface area (Å²) < 4.78 is 16.5. The molecule has 0 saturated heterocycles. The van der Waals surface area contributed by atoms with Crippen LogP contribution in [-0.2, 0) is 9.53 Å². The summed E-state index contributed by atoms with van der Waals surface area (Å²) in [5.41, 5.74) is 0. The van der Waals surface area contributed by atoms with Crippen LogP contribution in [0.3, 0.4) is 0 Å². The largest absolute Gasteiger partial charge is 0.482 e. The first-order chi connectivity index (χ1) is 11.8. The maximum atomic E-state index is 11.8. The molecule has 5 heteroatoms. The van der Waals surface area contributed by atoms with Gasteiger partial charge in [0.2, 0.25) is 5.88 Å². The van der Waals surface area contributed by atoms with Crippen molar-refractivity contribution in [1.82, 2.24) is 4.98 Å². The smallest absolute Gasteiger partial charge is 0.344 e. The number of hydrogen-bond donors (Lipinski definition) is 0. The fourth-order valence-corrected chi connectivity index (χ4v) is 2.68. The molecule has 0 N–H and O–H groups in total. The Bertz CT molecular complexity index is 636. The first kappa shape index (κ1) is 16.3. The third-order valence-electron chi connectivity index (χ3n) is 3.89. The molecule has 1 aliphatic rings. The summed E-state index contributed by atoms with van der Waals surface area (Å²) in [5.74, 6) is 1.48. The lowest BCUT2D eigenvalue weighted by atomic mass is 9.98. The van der Waals surface area contributed by atoms with Crippen molar-refractivity contribution in [1.29, 1.82) is 0 Å². The van der Waals surface area contributed by atoms with Crippen LogP contribution in [0, 0.1) is 0 Å². The summed E-state index contributed by atoms with van der Waals surface area (Å²) >= 11 is 0. The highest BCUT2D eigenvalue weighted by Crippen LogP contribution is 2.23. The van der Waals surface area contributed by atoms with E-state index in [2.05, 4.69) is 4.98 Å². The van der Waals surface area contributed by atoms with Crippen molar-refractivity contribution in [3.63, 3.8) is 0 Å². The summed E-state index contributed by atoms with van der Waals surface area (Å²) in [5, 5.41) is 0. The number of ether oxygens (including phenoxy) is 3. The molecule has 0 aliphatic heterocycles. The third kappa shape index (κ3) is 4.98. The lowest BCUT2D eigenvalue weighted by molar-refractivity contribution is -0.152. The number of hydrogen-bond acceptors (Lipinski definition) is 5. The lowest BCUT2D eigenvalue weighted by Crippen LogP contribution is -2.24. The Morgan fingerprint density at radius 3 is 2.46 bits per heavy atom. The van der Waals surface area contributed by atoms with Crippen LogP contribution < -0.4 is 9.47 Å². The van der Waals surface area contributed by atoms with Crippen molar-refractivity contribution in [2.75, 3.05) is 6.61 Å². The highest BCUT2D eigenvalue weighted by molar-refractivity contribution is 5.71. The Morgan fingerprint density at radius 1 is 1.00 bits per heavy atom. The average molecular weight is 327 g/mol. The first-order valence-corrected chi connectivity index (χ1v) is 8.31. The first-order valence-electron chi connectivity index (χ1n) is 8.31. The molecule has 126 valence electrons. The van der Waals surface area contributed by atoms with Gasteiger partial charge in [-0.2, -0.15) is 0 Å². The number of carbonyl (C=O) groups is 1. The molecule has 0 spiro atoms. The number of esters is 1. The number of aromatic nitrogens is 1. The number of pyridine rings is 1. The topological polar surface area (TPSA) is 57.7 Å². The second-order valence-electron chi connectivity index (χ2n) is 5.78. The molecule has 3 rings (SSSR count). The zero-order valence-corrected chi connectivity index (χ0v) is 13.5. The summed E-state index contributed by atoms with van der Waals surface area (Å²) in [4.78, 5) is 15.9. The standard InChI is InChI=1S/C19H21NO4/c21-19(24-16-6-2-1-3-7-16)14-22-15-9-11-17(12-10-15)23-18-8-4-5-13-20-18/h4-5,8-13,16H,1-3,6-7,14H2. The molecule has 0 amide bonds. The highest BCUT2D eigenvalue weighted by Gasteiger charge is 2.17. The minimum Gasteiger partial charge on any atom is -0.482 e. The van der Waals surface area contributed by atoms with Gasteiger partial charge in [0.05, 0.1) is 0 Å². The van der Waals surface area contributed by atoms with Crippen molar-refractivity contribution >= 4 is 5.97 Å². The van der Waals surface area contributed by atoms with Gasteiger partial charge in [0.25, 0.3) is 0 Å². The zero-order chi connectivity index (χ0) is 16.6. The van der Waals surface area contributed by atoms with Crippen LogP contribution in [-0.4, -0.2) is 23.7 Å². The van der Waals surface area contributed by atoms with E-state index in [4.69, 9.17) is 14.2 Å². The van der Waals surface area contributed by atoms with Crippen LogP contribution >= 0.6 is 0 Å². The fourth-order valence-electron chi connectivity index (χ4n) is 2.68. The van der Waals surface area contributed by atoms with Crippen molar-refractivity contribution in [3.05, 3.63) is 48.7 Å². The normalized spacial score (nSPS) is 14.8. The number of rotatable bonds is 6. The maximum absolute atomic E-state index is 11.8. The Labute approximate surface area is 141 Å². The number of carbonyl (C=O) groups excluding carboxylic acids is 1. The van der Waals surface area contributed by atoms with E-state index in [-0.39, 0.29) is 18.7 Å². The molecular formula is C19H21NO4. The van der Waals surface area contributed by atoms with Crippen molar-refractivity contribution in [2.24, 2.45) is 0 Å². The van der Waals surface area contributed by atoms with Gasteiger partial charge in [0, 0.05) is 12.3 Å². The Balaban J connectivity index is 1.44. The predicted molar refractivity (Wildman–Crippen MR) is 89.2 cm³/mol. The van der Waals surface area contributed by atoms with Gasteiger partial charge < -0.3 is 14.2 Å². The molecule has 0 bridgehead atoms. The van der Waals surface area contributed by atoms with Crippen LogP contribution in [0.5, 0.6) is 17.4 Å². The molecule has 0 unspecified atom stereocenters. The van der Waals surface area contributed by atoms with E-state index in [0.717, 1.165) is 25.7 Å². The molecule has 1 heterocycles. The molecule has 1 aliphatic carbocycles. The van der Waals surface area contributed by atoms with Crippen LogP contribution in [0.25, 0.3) is 0 Å². The molecule has 2 aromatic rings. The Kier molecular flexibility index (Phi) is 5.66. The van der Waals surface area contributed by atoms with E-state index in [1.807, 2.05) is 12.1 Å². The van der Waals surface area contributed by atoms with E-state index in [0.29, 0.717) is 17.4 Å². The van der Waals surface area contributed by atoms with Gasteiger partial charge in [-0.05, 0) is 56.0 Å². The maximum Gasteiger partial charge on any atom is 0.344 e. The average Bonchev–Trinajstić information content (AvgIpc) is 2.63. The summed E-state index contributed by atoms with van der Waals surface area (Å²) in [7, 11) is 0. The van der Waals surface area contributed by atoms with Gasteiger partial charge in [-0.25, -0.2) is 9.78 Å². The molecule has 0 atom stereocenters. The summed E-state index contributed by atoms with van der Waals surface area (Å²) in [6, 6.07) is 12.5. The second-order valence-corrected chi connectivity index (χ2v) is 5.78. The Morgan fingerprint density at radius 2 is 1.75 bits per heavy atom. The zero-order valence-electron chi connectivity index (χ0n) is 13.5. The minimum atomic E-state index is -0.310. The molecule has 1 saturated carbocycles. The van der Waals surface area contributed by atoms with Gasteiger partial charge >= 0.3 is 5.97 Å². The number of nitrogens with zero attached hydrogens (tertiary/aromatic N) is 1. The molecule has 1 fully saturated rings. The van der Waals surface area contributed by atoms with E-state index in [1.54, 1.807) is 36.5 Å². The summed E-state index contributed by atoms with van der Waals surface area (Å²) in [6.07, 6.45) is 7.16. The van der Waals surface area contributed by atoms with Gasteiger partial charge in [0.1, 0.15) is 17.6 Å². The van der Waals surface area contributed by atoms with E-state index < -0.39 is 0 Å². The van der Waals surface area contributed by atoms with Crippen LogP contribution in [0.2, 0.25) is 0 Å². The van der Waals surface area contributed by atoms with E-state index >= 15 is 0 Å². The molecular weight excluding hydrogens is 306 g/mol. The van der Waals surface area contributed by atoms with Crippen LogP contribution in [0.1, 0.15) is 32.1 Å². The minimum absolute atomic E-state index is 0.0593. The van der Waals surface area contributed by atoms with Crippen molar-refractivity contribution < 1.29 is 19.0 Å². The molecule has 24 heavy (non-hydrogen) atoms. The van der Waals surface area contributed by atoms with Gasteiger partial charge in [-0.3, -0.25) is 0 Å². The summed E-state index contributed by atoms with van der Waals surface area (Å²) in [6.45, 7) is -0.0725. The monoisotopic (exact) mass is 327 g/mol. The van der Waals surface area contributed by atoms with Gasteiger partial charge in [0.15, 0.2) is 6.61 Å². The molecule has 5 nitrogen and oxygen atoms in total. The lowest BCUT2D eigenvalue weighted by Gasteiger charge is -2.21. The van der Waals surface area contributed by atoms with E-state index in [9.17, 15) is 4.79 Å². The van der Waals surface area contributed by atoms with Crippen molar-refractivity contribution in [2.45, 2.75) is 38.2 Å². The second kappa shape index (κ2) is 8.34. The van der Waals surface area contributed by atoms with Crippen LogP contribution in [0.15, 0.2) is 48.7 Å². The van der Waals surface area contributed by atoms with Gasteiger partial charge in [-0.15, -0.1) is 0 Å². The van der Waals surface area contributed by atoms with Crippen molar-refractivity contribution in [3.8, 4) is 17.4 Å².